The highest BCUT2D eigenvalue weighted by Crippen LogP contribution is 2.30. The maximum Gasteiger partial charge on any atom is 0.340 e. The molecule has 0 spiro atoms. The Morgan fingerprint density at radius 3 is 2.23 bits per heavy atom. The van der Waals surface area contributed by atoms with E-state index in [1.54, 1.807) is 0 Å². The first-order valence-corrected chi connectivity index (χ1v) is 4.91. The summed E-state index contributed by atoms with van der Waals surface area (Å²) in [6.45, 7) is 0. The third kappa shape index (κ3) is 2.22. The van der Waals surface area contributed by atoms with Gasteiger partial charge in [-0.05, 0) is 44.0 Å². The Labute approximate surface area is 92.0 Å². The number of halogens is 2. The first-order valence-electron chi connectivity index (χ1n) is 3.32. The van der Waals surface area contributed by atoms with Gasteiger partial charge in [-0.3, -0.25) is 0 Å². The molecule has 0 saturated heterocycles. The zero-order valence-corrected chi connectivity index (χ0v) is 9.85. The fourth-order valence-electron chi connectivity index (χ4n) is 0.857. The summed E-state index contributed by atoms with van der Waals surface area (Å²) >= 11 is 6.30. The number of hydrogen-bond acceptors (Lipinski definition) is 3. The Bertz CT molecular complexity index is 326. The van der Waals surface area contributed by atoms with Crippen LogP contribution in [-0.4, -0.2) is 18.2 Å². The van der Waals surface area contributed by atoms with E-state index >= 15 is 0 Å². The first kappa shape index (κ1) is 10.5. The molecule has 0 bridgehead atoms. The van der Waals surface area contributed by atoms with Gasteiger partial charge in [0.25, 0.3) is 0 Å². The van der Waals surface area contributed by atoms with Crippen molar-refractivity contribution in [3.05, 3.63) is 26.6 Å². The second-order valence-electron chi connectivity index (χ2n) is 2.28. The van der Waals surface area contributed by atoms with Crippen LogP contribution >= 0.6 is 31.9 Å². The number of hydrogen-bond donors (Lipinski definition) is 1. The molecule has 0 aliphatic carbocycles. The van der Waals surface area contributed by atoms with Gasteiger partial charge in [0, 0.05) is 8.95 Å². The highest BCUT2D eigenvalue weighted by Gasteiger charge is 2.15. The number of phenols is 1. The number of phenolic OH excluding ortho intramolecular Hbond substituents is 1. The van der Waals surface area contributed by atoms with Gasteiger partial charge in [-0.25, -0.2) is 4.79 Å². The SMILES string of the molecule is COC(=O)c1c(Br)cc(O)cc1Br. The molecule has 0 saturated carbocycles. The minimum Gasteiger partial charge on any atom is -0.508 e. The van der Waals surface area contributed by atoms with Gasteiger partial charge in [0.05, 0.1) is 12.7 Å². The smallest absolute Gasteiger partial charge is 0.340 e. The summed E-state index contributed by atoms with van der Waals surface area (Å²) in [6, 6.07) is 2.86. The van der Waals surface area contributed by atoms with Gasteiger partial charge in [-0.15, -0.1) is 0 Å². The molecular weight excluding hydrogens is 304 g/mol. The molecule has 0 heterocycles. The minimum absolute atomic E-state index is 0.0754. The van der Waals surface area contributed by atoms with Crippen molar-refractivity contribution in [1.82, 2.24) is 0 Å². The first-order chi connectivity index (χ1) is 6.06. The zero-order chi connectivity index (χ0) is 10.0. The minimum atomic E-state index is -0.459. The zero-order valence-electron chi connectivity index (χ0n) is 6.67. The van der Waals surface area contributed by atoms with Crippen LogP contribution in [0.5, 0.6) is 5.75 Å². The third-order valence-electron chi connectivity index (χ3n) is 1.42. The maximum atomic E-state index is 11.2. The van der Waals surface area contributed by atoms with Gasteiger partial charge in [0.1, 0.15) is 5.75 Å². The van der Waals surface area contributed by atoms with E-state index in [1.807, 2.05) is 0 Å². The van der Waals surface area contributed by atoms with Crippen molar-refractivity contribution in [2.24, 2.45) is 0 Å². The van der Waals surface area contributed by atoms with Crippen LogP contribution in [0.3, 0.4) is 0 Å². The average molecular weight is 310 g/mol. The lowest BCUT2D eigenvalue weighted by Gasteiger charge is -2.05. The summed E-state index contributed by atoms with van der Waals surface area (Å²) in [7, 11) is 1.30. The van der Waals surface area contributed by atoms with E-state index in [-0.39, 0.29) is 5.75 Å². The predicted octanol–water partition coefficient (Wildman–Crippen LogP) is 2.70. The second-order valence-corrected chi connectivity index (χ2v) is 3.98. The number of esters is 1. The molecule has 0 amide bonds. The van der Waals surface area contributed by atoms with Crippen LogP contribution in [-0.2, 0) is 4.74 Å². The normalized spacial score (nSPS) is 9.77. The number of benzene rings is 1. The fourth-order valence-corrected chi connectivity index (χ4v) is 2.34. The van der Waals surface area contributed by atoms with Crippen molar-refractivity contribution in [2.45, 2.75) is 0 Å². The van der Waals surface area contributed by atoms with Gasteiger partial charge in [0.15, 0.2) is 0 Å². The molecule has 1 rings (SSSR count). The van der Waals surface area contributed by atoms with E-state index < -0.39 is 5.97 Å². The number of aromatic hydroxyl groups is 1. The summed E-state index contributed by atoms with van der Waals surface area (Å²) in [5.74, 6) is -0.384. The summed E-state index contributed by atoms with van der Waals surface area (Å²) in [4.78, 5) is 11.2. The van der Waals surface area contributed by atoms with Gasteiger partial charge in [-0.2, -0.15) is 0 Å². The van der Waals surface area contributed by atoms with E-state index in [1.165, 1.54) is 19.2 Å². The molecule has 0 aliphatic heterocycles. The molecule has 1 N–H and O–H groups in total. The van der Waals surface area contributed by atoms with E-state index in [2.05, 4.69) is 36.6 Å². The number of methoxy groups -OCH3 is 1. The maximum absolute atomic E-state index is 11.2. The van der Waals surface area contributed by atoms with Crippen molar-refractivity contribution in [1.29, 1.82) is 0 Å². The highest BCUT2D eigenvalue weighted by atomic mass is 79.9. The van der Waals surface area contributed by atoms with Gasteiger partial charge in [-0.1, -0.05) is 0 Å². The molecule has 0 radical (unpaired) electrons. The monoisotopic (exact) mass is 308 g/mol. The van der Waals surface area contributed by atoms with Crippen LogP contribution in [0.4, 0.5) is 0 Å². The van der Waals surface area contributed by atoms with E-state index in [4.69, 9.17) is 5.11 Å². The molecule has 13 heavy (non-hydrogen) atoms. The van der Waals surface area contributed by atoms with Crippen molar-refractivity contribution >= 4 is 37.8 Å². The molecule has 0 atom stereocenters. The van der Waals surface area contributed by atoms with Crippen LogP contribution < -0.4 is 0 Å². The summed E-state index contributed by atoms with van der Waals surface area (Å²) < 4.78 is 5.54. The van der Waals surface area contributed by atoms with Crippen LogP contribution in [0.15, 0.2) is 21.1 Å². The third-order valence-corrected chi connectivity index (χ3v) is 2.67. The lowest BCUT2D eigenvalue weighted by molar-refractivity contribution is 0.0598. The topological polar surface area (TPSA) is 46.5 Å². The predicted molar refractivity (Wildman–Crippen MR) is 54.8 cm³/mol. The van der Waals surface area contributed by atoms with Crippen molar-refractivity contribution in [3.8, 4) is 5.75 Å². The molecule has 70 valence electrons. The lowest BCUT2D eigenvalue weighted by atomic mass is 10.2. The number of ether oxygens (including phenoxy) is 1. The molecule has 0 aromatic heterocycles. The lowest BCUT2D eigenvalue weighted by Crippen LogP contribution is -2.03. The Balaban J connectivity index is 3.28. The van der Waals surface area contributed by atoms with Crippen LogP contribution in [0, 0.1) is 0 Å². The van der Waals surface area contributed by atoms with Crippen molar-refractivity contribution < 1.29 is 14.6 Å². The van der Waals surface area contributed by atoms with Crippen LogP contribution in [0.2, 0.25) is 0 Å². The Kier molecular flexibility index (Phi) is 3.33. The molecule has 3 nitrogen and oxygen atoms in total. The average Bonchev–Trinajstić information content (AvgIpc) is 2.02. The Morgan fingerprint density at radius 1 is 1.38 bits per heavy atom. The second kappa shape index (κ2) is 4.11. The quantitative estimate of drug-likeness (QED) is 0.811. The van der Waals surface area contributed by atoms with E-state index in [9.17, 15) is 4.79 Å². The number of rotatable bonds is 1. The van der Waals surface area contributed by atoms with Crippen LogP contribution in [0.1, 0.15) is 10.4 Å². The molecule has 1 aromatic rings. The Morgan fingerprint density at radius 2 is 1.85 bits per heavy atom. The van der Waals surface area contributed by atoms with Crippen molar-refractivity contribution in [3.63, 3.8) is 0 Å². The van der Waals surface area contributed by atoms with Crippen LogP contribution in [0.25, 0.3) is 0 Å². The number of carbonyl (C=O) groups is 1. The summed E-state index contributed by atoms with van der Waals surface area (Å²) in [5.41, 5.74) is 0.361. The standard InChI is InChI=1S/C8H6Br2O3/c1-13-8(12)7-5(9)2-4(11)3-6(7)10/h2-3,11H,1H3. The van der Waals surface area contributed by atoms with Gasteiger partial charge < -0.3 is 9.84 Å². The Hall–Kier alpha value is -0.550. The molecule has 0 aliphatic rings. The van der Waals surface area contributed by atoms with Gasteiger partial charge in [0.2, 0.25) is 0 Å². The summed E-state index contributed by atoms with van der Waals surface area (Å²) in [6.07, 6.45) is 0. The fraction of sp³-hybridized carbons (Fsp3) is 0.125. The molecule has 5 heteroatoms. The van der Waals surface area contributed by atoms with E-state index in [0.717, 1.165) is 0 Å². The molecular formula is C8H6Br2O3. The molecule has 1 aromatic carbocycles. The molecule has 0 unspecified atom stereocenters. The molecule has 0 fully saturated rings. The number of carbonyl (C=O) groups excluding carboxylic acids is 1. The van der Waals surface area contributed by atoms with E-state index in [0.29, 0.717) is 14.5 Å². The largest absolute Gasteiger partial charge is 0.508 e. The highest BCUT2D eigenvalue weighted by molar-refractivity contribution is 9.11. The van der Waals surface area contributed by atoms with Crippen molar-refractivity contribution in [2.75, 3.05) is 7.11 Å². The van der Waals surface area contributed by atoms with Gasteiger partial charge >= 0.3 is 5.97 Å². The summed E-state index contributed by atoms with van der Waals surface area (Å²) in [5, 5.41) is 9.16.